The van der Waals surface area contributed by atoms with Gasteiger partial charge in [-0.25, -0.2) is 4.98 Å². The molecule has 0 fully saturated rings. The number of nitrogens with one attached hydrogen (secondary N) is 2. The molecule has 0 radical (unpaired) electrons. The van der Waals surface area contributed by atoms with Gasteiger partial charge >= 0.3 is 0 Å². The predicted molar refractivity (Wildman–Crippen MR) is 115 cm³/mol. The largest absolute Gasteiger partial charge is 0.362 e. The molecule has 2 N–H and O–H groups in total. The van der Waals surface area contributed by atoms with Crippen LogP contribution in [0.1, 0.15) is 37.7 Å². The molecule has 1 amide bonds. The highest BCUT2D eigenvalue weighted by atomic mass is 35.5. The first-order valence-electron chi connectivity index (χ1n) is 9.77. The molecule has 31 heavy (non-hydrogen) atoms. The Hall–Kier alpha value is -3.52. The maximum atomic E-state index is 13.3. The Bertz CT molecular complexity index is 1160. The van der Waals surface area contributed by atoms with Gasteiger partial charge in [0.15, 0.2) is 5.78 Å². The summed E-state index contributed by atoms with van der Waals surface area (Å²) in [4.78, 5) is 41.2. The van der Waals surface area contributed by atoms with Gasteiger partial charge in [0.05, 0.1) is 4.92 Å². The van der Waals surface area contributed by atoms with Crippen molar-refractivity contribution in [3.05, 3.63) is 85.8 Å². The van der Waals surface area contributed by atoms with Gasteiger partial charge in [-0.1, -0.05) is 17.7 Å². The minimum Gasteiger partial charge on any atom is -0.362 e. The third-order valence-corrected chi connectivity index (χ3v) is 5.77. The molecule has 1 unspecified atom stereocenters. The number of pyridine rings is 1. The van der Waals surface area contributed by atoms with Crippen LogP contribution in [-0.2, 0) is 9.59 Å². The maximum absolute atomic E-state index is 13.3. The molecule has 9 heteroatoms. The molecule has 1 atom stereocenters. The first-order valence-corrected chi connectivity index (χ1v) is 10.1. The lowest BCUT2D eigenvalue weighted by Gasteiger charge is -2.34. The summed E-state index contributed by atoms with van der Waals surface area (Å²) >= 11 is 6.45. The zero-order valence-corrected chi connectivity index (χ0v) is 17.4. The molecule has 8 nitrogen and oxygen atoms in total. The fourth-order valence-corrected chi connectivity index (χ4v) is 4.31. The lowest BCUT2D eigenvalue weighted by Crippen LogP contribution is -2.35. The van der Waals surface area contributed by atoms with Crippen LogP contribution in [-0.4, -0.2) is 21.6 Å². The number of amides is 1. The molecule has 1 aromatic carbocycles. The molecular formula is C22H19ClN4O4. The number of hydrogen-bond acceptors (Lipinski definition) is 6. The summed E-state index contributed by atoms with van der Waals surface area (Å²) in [5.41, 5.74) is 2.20. The van der Waals surface area contributed by atoms with Gasteiger partial charge in [0.1, 0.15) is 5.82 Å². The van der Waals surface area contributed by atoms with Crippen molar-refractivity contribution in [1.29, 1.82) is 0 Å². The highest BCUT2D eigenvalue weighted by Crippen LogP contribution is 2.45. The number of non-ortho nitro benzene ring substituents is 1. The molecule has 0 bridgehead atoms. The van der Waals surface area contributed by atoms with Gasteiger partial charge in [-0.2, -0.15) is 0 Å². The Labute approximate surface area is 183 Å². The number of hydrogen-bond donors (Lipinski definition) is 2. The fourth-order valence-electron chi connectivity index (χ4n) is 4.08. The van der Waals surface area contributed by atoms with Crippen molar-refractivity contribution in [1.82, 2.24) is 10.3 Å². The fraction of sp³-hybridized carbons (Fsp3) is 0.227. The van der Waals surface area contributed by atoms with Crippen LogP contribution in [0.15, 0.2) is 65.1 Å². The molecule has 1 aliphatic carbocycles. The number of nitro benzene ring substituents is 1. The molecule has 1 aromatic heterocycles. The second-order valence-electron chi connectivity index (χ2n) is 7.40. The number of aromatic nitrogens is 1. The van der Waals surface area contributed by atoms with Crippen LogP contribution in [0, 0.1) is 10.1 Å². The maximum Gasteiger partial charge on any atom is 0.269 e. The highest BCUT2D eigenvalue weighted by Gasteiger charge is 2.39. The number of carbonyl (C=O) groups is 2. The van der Waals surface area contributed by atoms with Gasteiger partial charge in [0.2, 0.25) is 0 Å². The Balaban J connectivity index is 1.87. The van der Waals surface area contributed by atoms with Gasteiger partial charge in [0.25, 0.3) is 11.6 Å². The third kappa shape index (κ3) is 3.94. The summed E-state index contributed by atoms with van der Waals surface area (Å²) in [5.74, 6) is -1.02. The average Bonchev–Trinajstić information content (AvgIpc) is 2.74. The predicted octanol–water partition coefficient (Wildman–Crippen LogP) is 4.25. The van der Waals surface area contributed by atoms with Crippen LogP contribution >= 0.6 is 11.6 Å². The van der Waals surface area contributed by atoms with Crippen LogP contribution < -0.4 is 10.6 Å². The standard InChI is InChI=1S/C22H19ClN4O4/c1-12-19(22(29)26-18-7-2-3-10-24-18)20(21-16(25-12)5-4-6-17(21)28)14-11-13(27(30)31)8-9-15(14)23/h2-3,7-11,20,25H,4-6H2,1H3,(H,24,26,29). The summed E-state index contributed by atoms with van der Waals surface area (Å²) < 4.78 is 0. The second kappa shape index (κ2) is 8.31. The number of allylic oxidation sites excluding steroid dienone is 3. The summed E-state index contributed by atoms with van der Waals surface area (Å²) in [6.45, 7) is 1.74. The Morgan fingerprint density at radius 3 is 2.81 bits per heavy atom. The Kier molecular flexibility index (Phi) is 5.56. The number of ketones is 1. The minimum atomic E-state index is -0.819. The van der Waals surface area contributed by atoms with Gasteiger partial charge < -0.3 is 10.6 Å². The number of Topliss-reactive ketones (excluding diaryl/α,β-unsaturated/α-hetero) is 1. The van der Waals surface area contributed by atoms with E-state index in [4.69, 9.17) is 11.6 Å². The lowest BCUT2D eigenvalue weighted by atomic mass is 9.75. The van der Waals surface area contributed by atoms with E-state index in [1.165, 1.54) is 18.2 Å². The Morgan fingerprint density at radius 2 is 2.10 bits per heavy atom. The molecule has 4 rings (SSSR count). The number of benzene rings is 1. The van der Waals surface area contributed by atoms with Gasteiger partial charge in [-0.05, 0) is 43.5 Å². The first-order chi connectivity index (χ1) is 14.9. The lowest BCUT2D eigenvalue weighted by molar-refractivity contribution is -0.384. The van der Waals surface area contributed by atoms with E-state index in [1.807, 2.05) is 0 Å². The highest BCUT2D eigenvalue weighted by molar-refractivity contribution is 6.31. The van der Waals surface area contributed by atoms with Crippen LogP contribution in [0.5, 0.6) is 0 Å². The molecule has 2 heterocycles. The first kappa shape index (κ1) is 20.7. The molecular weight excluding hydrogens is 420 g/mol. The van der Waals surface area contributed by atoms with Gasteiger partial charge in [-0.15, -0.1) is 0 Å². The zero-order chi connectivity index (χ0) is 22.1. The van der Waals surface area contributed by atoms with Crippen molar-refractivity contribution in [2.24, 2.45) is 0 Å². The SMILES string of the molecule is CC1=C(C(=O)Nc2ccccn2)C(c2cc([N+](=O)[O-])ccc2Cl)C2=C(CCCC2=O)N1. The van der Waals surface area contributed by atoms with E-state index >= 15 is 0 Å². The smallest absolute Gasteiger partial charge is 0.269 e. The van der Waals surface area contributed by atoms with Crippen molar-refractivity contribution in [2.45, 2.75) is 32.1 Å². The Morgan fingerprint density at radius 1 is 1.29 bits per heavy atom. The molecule has 0 saturated carbocycles. The molecule has 1 aliphatic heterocycles. The minimum absolute atomic E-state index is 0.100. The van der Waals surface area contributed by atoms with E-state index in [9.17, 15) is 19.7 Å². The van der Waals surface area contributed by atoms with E-state index < -0.39 is 16.7 Å². The van der Waals surface area contributed by atoms with Gasteiger partial charge in [-0.3, -0.25) is 19.7 Å². The zero-order valence-electron chi connectivity index (χ0n) is 16.6. The number of rotatable bonds is 4. The molecule has 2 aliphatic rings. The van der Waals surface area contributed by atoms with Crippen molar-refractivity contribution in [2.75, 3.05) is 5.32 Å². The van der Waals surface area contributed by atoms with E-state index in [0.717, 1.165) is 5.70 Å². The van der Waals surface area contributed by atoms with Crippen LogP contribution in [0.25, 0.3) is 0 Å². The third-order valence-electron chi connectivity index (χ3n) is 5.43. The normalized spacial score (nSPS) is 18.4. The monoisotopic (exact) mass is 438 g/mol. The van der Waals surface area contributed by atoms with Crippen LogP contribution in [0.2, 0.25) is 5.02 Å². The summed E-state index contributed by atoms with van der Waals surface area (Å²) in [7, 11) is 0. The van der Waals surface area contributed by atoms with E-state index in [2.05, 4.69) is 15.6 Å². The van der Waals surface area contributed by atoms with Crippen molar-refractivity contribution < 1.29 is 14.5 Å². The second-order valence-corrected chi connectivity index (χ2v) is 7.80. The number of anilines is 1. The van der Waals surface area contributed by atoms with Crippen molar-refractivity contribution >= 4 is 34.8 Å². The van der Waals surface area contributed by atoms with E-state index in [-0.39, 0.29) is 22.1 Å². The van der Waals surface area contributed by atoms with E-state index in [0.29, 0.717) is 41.9 Å². The van der Waals surface area contributed by atoms with Crippen LogP contribution in [0.4, 0.5) is 11.5 Å². The number of halogens is 1. The number of nitrogens with zero attached hydrogens (tertiary/aromatic N) is 2. The average molecular weight is 439 g/mol. The van der Waals surface area contributed by atoms with Crippen molar-refractivity contribution in [3.8, 4) is 0 Å². The van der Waals surface area contributed by atoms with Crippen LogP contribution in [0.3, 0.4) is 0 Å². The molecule has 0 spiro atoms. The molecule has 2 aromatic rings. The quantitative estimate of drug-likeness (QED) is 0.544. The summed E-state index contributed by atoms with van der Waals surface area (Å²) in [5, 5.41) is 17.6. The van der Waals surface area contributed by atoms with E-state index in [1.54, 1.807) is 31.3 Å². The van der Waals surface area contributed by atoms with Gasteiger partial charge in [0, 0.05) is 58.2 Å². The summed E-state index contributed by atoms with van der Waals surface area (Å²) in [6, 6.07) is 9.18. The molecule has 0 saturated heterocycles. The summed E-state index contributed by atoms with van der Waals surface area (Å²) in [6.07, 6.45) is 3.24. The number of carbonyl (C=O) groups excluding carboxylic acids is 2. The number of nitro groups is 1. The van der Waals surface area contributed by atoms with Crippen molar-refractivity contribution in [3.63, 3.8) is 0 Å². The molecule has 158 valence electrons. The number of dihydropyridines is 1. The topological polar surface area (TPSA) is 114 Å².